The lowest BCUT2D eigenvalue weighted by Gasteiger charge is -2.27. The van der Waals surface area contributed by atoms with Crippen molar-refractivity contribution in [2.45, 2.75) is 45.1 Å². The highest BCUT2D eigenvalue weighted by Gasteiger charge is 2.28. The van der Waals surface area contributed by atoms with Crippen molar-refractivity contribution in [2.24, 2.45) is 11.8 Å². The average molecular weight is 350 g/mol. The number of amides is 2. The van der Waals surface area contributed by atoms with Gasteiger partial charge < -0.3 is 10.6 Å². The molecule has 5 nitrogen and oxygen atoms in total. The van der Waals surface area contributed by atoms with Gasteiger partial charge in [0.15, 0.2) is 0 Å². The number of hydrogen-bond acceptors (Lipinski definition) is 4. The number of aromatic nitrogens is 1. The van der Waals surface area contributed by atoms with Gasteiger partial charge in [0.1, 0.15) is 6.04 Å². The minimum Gasteiger partial charge on any atom is -0.344 e. The first-order valence-corrected chi connectivity index (χ1v) is 9.99. The Morgan fingerprint density at radius 3 is 2.71 bits per heavy atom. The Kier molecular flexibility index (Phi) is 7.56. The normalized spacial score (nSPS) is 21.8. The van der Waals surface area contributed by atoms with Crippen LogP contribution in [0.4, 0.5) is 5.69 Å². The van der Waals surface area contributed by atoms with Gasteiger partial charge in [0.05, 0.1) is 11.9 Å². The van der Waals surface area contributed by atoms with Crippen molar-refractivity contribution < 1.29 is 9.59 Å². The van der Waals surface area contributed by atoms with Crippen LogP contribution in [0.15, 0.2) is 24.5 Å². The third-order valence-corrected chi connectivity index (χ3v) is 5.20. The highest BCUT2D eigenvalue weighted by Crippen LogP contribution is 2.28. The predicted molar refractivity (Wildman–Crippen MR) is 98.9 cm³/mol. The first-order valence-electron chi connectivity index (χ1n) is 8.60. The highest BCUT2D eigenvalue weighted by atomic mass is 32.2. The molecule has 1 heterocycles. The van der Waals surface area contributed by atoms with E-state index < -0.39 is 6.04 Å². The summed E-state index contributed by atoms with van der Waals surface area (Å²) in [4.78, 5) is 29.0. The summed E-state index contributed by atoms with van der Waals surface area (Å²) in [5.74, 6) is 1.43. The maximum atomic E-state index is 12.5. The van der Waals surface area contributed by atoms with Crippen molar-refractivity contribution in [3.8, 4) is 0 Å². The van der Waals surface area contributed by atoms with Crippen molar-refractivity contribution in [3.05, 3.63) is 24.5 Å². The smallest absolute Gasteiger partial charge is 0.247 e. The first-order chi connectivity index (χ1) is 11.6. The van der Waals surface area contributed by atoms with Crippen molar-refractivity contribution >= 4 is 29.3 Å². The minimum atomic E-state index is -0.496. The van der Waals surface area contributed by atoms with E-state index in [9.17, 15) is 9.59 Å². The van der Waals surface area contributed by atoms with Crippen LogP contribution in [0.25, 0.3) is 0 Å². The van der Waals surface area contributed by atoms with Crippen LogP contribution in [-0.4, -0.2) is 34.8 Å². The van der Waals surface area contributed by atoms with Gasteiger partial charge in [0.2, 0.25) is 11.8 Å². The summed E-state index contributed by atoms with van der Waals surface area (Å²) in [5, 5.41) is 5.81. The molecule has 2 amide bonds. The summed E-state index contributed by atoms with van der Waals surface area (Å²) < 4.78 is 0. The number of carbonyl (C=O) groups is 2. The van der Waals surface area contributed by atoms with Crippen molar-refractivity contribution in [1.82, 2.24) is 10.3 Å². The fourth-order valence-corrected chi connectivity index (χ4v) is 3.45. The van der Waals surface area contributed by atoms with Crippen molar-refractivity contribution in [2.75, 3.05) is 17.3 Å². The summed E-state index contributed by atoms with van der Waals surface area (Å²) in [6.45, 7) is 2.23. The molecule has 1 aliphatic carbocycles. The Hall–Kier alpha value is -1.56. The standard InChI is InChI=1S/C18H27N3O2S/c1-13-5-7-14(8-6-13)17(22)21-16(9-11-24-2)18(23)20-15-4-3-10-19-12-15/h3-4,10,12-14,16H,5-9,11H2,1-2H3,(H,20,23)(H,21,22). The number of pyridine rings is 1. The number of anilines is 1. The number of rotatable bonds is 7. The molecule has 0 aliphatic heterocycles. The summed E-state index contributed by atoms with van der Waals surface area (Å²) in [7, 11) is 0. The molecule has 2 rings (SSSR count). The fourth-order valence-electron chi connectivity index (χ4n) is 2.98. The van der Waals surface area contributed by atoms with Crippen LogP contribution in [0.2, 0.25) is 0 Å². The zero-order chi connectivity index (χ0) is 17.4. The van der Waals surface area contributed by atoms with Crippen molar-refractivity contribution in [3.63, 3.8) is 0 Å². The van der Waals surface area contributed by atoms with Gasteiger partial charge in [-0.3, -0.25) is 14.6 Å². The second-order valence-corrected chi connectivity index (χ2v) is 7.52. The van der Waals surface area contributed by atoms with Crippen LogP contribution < -0.4 is 10.6 Å². The van der Waals surface area contributed by atoms with E-state index in [1.807, 2.05) is 6.26 Å². The van der Waals surface area contributed by atoms with Gasteiger partial charge in [-0.15, -0.1) is 0 Å². The number of nitrogens with zero attached hydrogens (tertiary/aromatic N) is 1. The van der Waals surface area contributed by atoms with E-state index in [0.717, 1.165) is 31.4 Å². The minimum absolute atomic E-state index is 0.0225. The van der Waals surface area contributed by atoms with Gasteiger partial charge in [0.25, 0.3) is 0 Å². The molecule has 0 radical (unpaired) electrons. The van der Waals surface area contributed by atoms with Crippen molar-refractivity contribution in [1.29, 1.82) is 0 Å². The van der Waals surface area contributed by atoms with Gasteiger partial charge in [-0.05, 0) is 62.2 Å². The maximum Gasteiger partial charge on any atom is 0.247 e. The molecule has 0 bridgehead atoms. The molecule has 6 heteroatoms. The molecule has 1 unspecified atom stereocenters. The first kappa shape index (κ1) is 18.8. The van der Waals surface area contributed by atoms with E-state index in [1.54, 1.807) is 36.3 Å². The number of carbonyl (C=O) groups excluding carboxylic acids is 2. The second-order valence-electron chi connectivity index (χ2n) is 6.53. The highest BCUT2D eigenvalue weighted by molar-refractivity contribution is 7.98. The third kappa shape index (κ3) is 5.82. The fraction of sp³-hybridized carbons (Fsp3) is 0.611. The van der Waals surface area contributed by atoms with Crippen LogP contribution in [0.5, 0.6) is 0 Å². The van der Waals surface area contributed by atoms with Gasteiger partial charge in [0, 0.05) is 12.1 Å². The maximum absolute atomic E-state index is 12.5. The van der Waals surface area contributed by atoms with Gasteiger partial charge in [-0.1, -0.05) is 6.92 Å². The summed E-state index contributed by atoms with van der Waals surface area (Å²) in [5.41, 5.74) is 0.650. The monoisotopic (exact) mass is 349 g/mol. The molecule has 132 valence electrons. The van der Waals surface area contributed by atoms with Crippen LogP contribution in [-0.2, 0) is 9.59 Å². The molecule has 2 N–H and O–H groups in total. The molecule has 0 spiro atoms. The lowest BCUT2D eigenvalue weighted by molar-refractivity contribution is -0.130. The topological polar surface area (TPSA) is 71.1 Å². The van der Waals surface area contributed by atoms with Gasteiger partial charge >= 0.3 is 0 Å². The lowest BCUT2D eigenvalue weighted by Crippen LogP contribution is -2.46. The molecule has 1 fully saturated rings. The molecule has 24 heavy (non-hydrogen) atoms. The molecule has 0 aromatic carbocycles. The second kappa shape index (κ2) is 9.67. The summed E-state index contributed by atoms with van der Waals surface area (Å²) >= 11 is 1.67. The van der Waals surface area contributed by atoms with E-state index in [4.69, 9.17) is 0 Å². The Balaban J connectivity index is 1.94. The summed E-state index contributed by atoms with van der Waals surface area (Å²) in [6, 6.07) is 3.07. The van der Waals surface area contributed by atoms with Crippen LogP contribution >= 0.6 is 11.8 Å². The molecular formula is C18H27N3O2S. The molecule has 1 aromatic rings. The number of nitrogens with one attached hydrogen (secondary N) is 2. The van der Waals surface area contributed by atoms with Crippen LogP contribution in [0.1, 0.15) is 39.0 Å². The average Bonchev–Trinajstić information content (AvgIpc) is 2.59. The van der Waals surface area contributed by atoms with E-state index in [-0.39, 0.29) is 17.7 Å². The molecule has 1 saturated carbocycles. The zero-order valence-corrected chi connectivity index (χ0v) is 15.3. The van der Waals surface area contributed by atoms with E-state index in [2.05, 4.69) is 22.5 Å². The largest absolute Gasteiger partial charge is 0.344 e. The van der Waals surface area contributed by atoms with Gasteiger partial charge in [-0.2, -0.15) is 11.8 Å². The van der Waals surface area contributed by atoms with E-state index in [0.29, 0.717) is 18.0 Å². The lowest BCUT2D eigenvalue weighted by atomic mass is 9.82. The molecule has 1 aromatic heterocycles. The Morgan fingerprint density at radius 1 is 1.33 bits per heavy atom. The number of thioether (sulfide) groups is 1. The Labute approximate surface area is 148 Å². The van der Waals surface area contributed by atoms with Gasteiger partial charge in [-0.25, -0.2) is 0 Å². The van der Waals surface area contributed by atoms with E-state index >= 15 is 0 Å². The Morgan fingerprint density at radius 2 is 2.08 bits per heavy atom. The molecule has 0 saturated heterocycles. The molecule has 1 aliphatic rings. The van der Waals surface area contributed by atoms with Crippen LogP contribution in [0.3, 0.4) is 0 Å². The van der Waals surface area contributed by atoms with Crippen LogP contribution in [0, 0.1) is 11.8 Å². The third-order valence-electron chi connectivity index (χ3n) is 4.56. The SMILES string of the molecule is CSCCC(NC(=O)C1CCC(C)CC1)C(=O)Nc1cccnc1. The van der Waals surface area contributed by atoms with E-state index in [1.165, 1.54) is 0 Å². The molecular weight excluding hydrogens is 322 g/mol. The molecule has 1 atom stereocenters. The zero-order valence-electron chi connectivity index (χ0n) is 14.5. The quantitative estimate of drug-likeness (QED) is 0.793. The Bertz CT molecular complexity index is 530. The predicted octanol–water partition coefficient (Wildman–Crippen LogP) is 3.08. The summed E-state index contributed by atoms with van der Waals surface area (Å²) in [6.07, 6.45) is 9.92. The number of hydrogen-bond donors (Lipinski definition) is 2.